The molecule has 0 aromatic heterocycles. The van der Waals surface area contributed by atoms with Gasteiger partial charge in [-0.05, 0) is 19.1 Å². The minimum Gasteiger partial charge on any atom is -0.508 e. The number of hydrogen-bond acceptors (Lipinski definition) is 5. The number of phenols is 1. The fourth-order valence-corrected chi connectivity index (χ4v) is 3.29. The molecule has 8 heteroatoms. The number of rotatable bonds is 5. The number of aliphatic hydroxyl groups excluding tert-OH is 2. The van der Waals surface area contributed by atoms with E-state index >= 15 is 0 Å². The molecule has 6 nitrogen and oxygen atoms in total. The van der Waals surface area contributed by atoms with Gasteiger partial charge in [0.15, 0.2) is 6.10 Å². The van der Waals surface area contributed by atoms with Crippen molar-refractivity contribution in [2.24, 2.45) is 0 Å². The van der Waals surface area contributed by atoms with Crippen molar-refractivity contribution < 1.29 is 24.9 Å². The van der Waals surface area contributed by atoms with Crippen molar-refractivity contribution in [3.05, 3.63) is 27.7 Å². The first kappa shape index (κ1) is 18.1. The van der Waals surface area contributed by atoms with Gasteiger partial charge in [-0.25, -0.2) is 4.79 Å². The maximum Gasteiger partial charge on any atom is 0.410 e. The Balaban J connectivity index is 2.19. The van der Waals surface area contributed by atoms with Crippen LogP contribution < -0.4 is 0 Å². The van der Waals surface area contributed by atoms with Crippen LogP contribution in [-0.4, -0.2) is 57.7 Å². The molecule has 1 aliphatic heterocycles. The fraction of sp³-hybridized carbons (Fsp3) is 0.533. The zero-order valence-electron chi connectivity index (χ0n) is 12.7. The molecule has 3 N–H and O–H groups in total. The summed E-state index contributed by atoms with van der Waals surface area (Å²) in [7, 11) is 0. The second-order valence-corrected chi connectivity index (χ2v) is 6.47. The Bertz CT molecular complexity index is 597. The van der Waals surface area contributed by atoms with E-state index in [1.165, 1.54) is 17.0 Å². The van der Waals surface area contributed by atoms with Gasteiger partial charge in [0.25, 0.3) is 0 Å². The molecule has 2 rings (SSSR count). The summed E-state index contributed by atoms with van der Waals surface area (Å²) in [4.78, 5) is 13.4. The van der Waals surface area contributed by atoms with Crippen molar-refractivity contribution >= 4 is 29.3 Å². The van der Waals surface area contributed by atoms with Gasteiger partial charge in [0.05, 0.1) is 22.7 Å². The van der Waals surface area contributed by atoms with E-state index in [2.05, 4.69) is 0 Å². The van der Waals surface area contributed by atoms with Crippen LogP contribution in [0.25, 0.3) is 0 Å². The van der Waals surface area contributed by atoms with E-state index in [9.17, 15) is 15.0 Å². The Kier molecular flexibility index (Phi) is 5.62. The van der Waals surface area contributed by atoms with Crippen LogP contribution in [0.1, 0.15) is 25.3 Å². The molecule has 0 spiro atoms. The highest BCUT2D eigenvalue weighted by Crippen LogP contribution is 2.38. The number of carbonyl (C=O) groups excluding carboxylic acids is 1. The molecule has 1 aromatic carbocycles. The summed E-state index contributed by atoms with van der Waals surface area (Å²) in [5.74, 6) is -0.305. The average Bonchev–Trinajstić information content (AvgIpc) is 2.78. The lowest BCUT2D eigenvalue weighted by atomic mass is 9.98. The van der Waals surface area contributed by atoms with Gasteiger partial charge in [-0.2, -0.15) is 0 Å². The van der Waals surface area contributed by atoms with E-state index in [1.807, 2.05) is 0 Å². The number of cyclic esters (lactones) is 1. The first-order valence-corrected chi connectivity index (χ1v) is 7.96. The lowest BCUT2D eigenvalue weighted by Gasteiger charge is -2.26. The van der Waals surface area contributed by atoms with Gasteiger partial charge in [-0.15, -0.1) is 0 Å². The third kappa shape index (κ3) is 3.50. The van der Waals surface area contributed by atoms with E-state index in [1.54, 1.807) is 13.8 Å². The smallest absolute Gasteiger partial charge is 0.410 e. The number of carbonyl (C=O) groups is 1. The third-order valence-corrected chi connectivity index (χ3v) is 4.90. The van der Waals surface area contributed by atoms with Crippen LogP contribution in [0.15, 0.2) is 12.1 Å². The first-order chi connectivity index (χ1) is 10.8. The number of amides is 1. The Morgan fingerprint density at radius 3 is 2.65 bits per heavy atom. The second kappa shape index (κ2) is 7.13. The number of phenolic OH excluding ortho intramolecular Hbond substituents is 1. The minimum absolute atomic E-state index is 0.000870. The number of nitrogens with zero attached hydrogens (tertiary/aromatic N) is 1. The summed E-state index contributed by atoms with van der Waals surface area (Å²) in [6.07, 6.45) is -2.53. The van der Waals surface area contributed by atoms with Crippen LogP contribution in [0.5, 0.6) is 5.75 Å². The number of aliphatic hydroxyl groups is 2. The highest BCUT2D eigenvalue weighted by Gasteiger charge is 2.43. The Hall–Kier alpha value is -1.21. The maximum absolute atomic E-state index is 12.0. The predicted octanol–water partition coefficient (Wildman–Crippen LogP) is 2.37. The van der Waals surface area contributed by atoms with E-state index in [0.717, 1.165) is 0 Å². The topological polar surface area (TPSA) is 90.2 Å². The summed E-state index contributed by atoms with van der Waals surface area (Å²) < 4.78 is 5.12. The van der Waals surface area contributed by atoms with Gasteiger partial charge in [-0.1, -0.05) is 30.1 Å². The molecule has 1 heterocycles. The highest BCUT2D eigenvalue weighted by molar-refractivity contribution is 6.42. The van der Waals surface area contributed by atoms with E-state index < -0.39 is 30.9 Å². The lowest BCUT2D eigenvalue weighted by Crippen LogP contribution is -2.42. The fourth-order valence-electron chi connectivity index (χ4n) is 2.78. The Morgan fingerprint density at radius 1 is 1.39 bits per heavy atom. The normalized spacial score (nSPS) is 23.7. The molecule has 0 aliphatic carbocycles. The average molecular weight is 364 g/mol. The van der Waals surface area contributed by atoms with Crippen LogP contribution in [-0.2, 0) is 4.74 Å². The highest BCUT2D eigenvalue weighted by atomic mass is 35.5. The zero-order valence-corrected chi connectivity index (χ0v) is 14.3. The summed E-state index contributed by atoms with van der Waals surface area (Å²) >= 11 is 12.1. The molecular weight excluding hydrogens is 345 g/mol. The number of ether oxygens (including phenoxy) is 1. The van der Waals surface area contributed by atoms with Gasteiger partial charge in [0.2, 0.25) is 0 Å². The Labute approximate surface area is 144 Å². The SMILES string of the molecule is C[C@@H](CN1C(=O)O[C@@H]([C@@H](O)CO)[C@@H]1C)c1c(O)ccc(Cl)c1Cl. The van der Waals surface area contributed by atoms with Crippen molar-refractivity contribution in [2.45, 2.75) is 38.0 Å². The standard InChI is InChI=1S/C15H19Cl2NO5/c1-7(12-10(20)4-3-9(16)13(12)17)5-18-8(2)14(11(21)6-19)23-15(18)22/h3-4,7-8,11,14,19-21H,5-6H2,1-2H3/t7-,8-,11-,14+/m0/s1. The molecule has 0 radical (unpaired) electrons. The molecule has 128 valence electrons. The van der Waals surface area contributed by atoms with E-state index in [4.69, 9.17) is 33.0 Å². The quantitative estimate of drug-likeness (QED) is 0.746. The summed E-state index contributed by atoms with van der Waals surface area (Å²) in [6, 6.07) is 2.52. The summed E-state index contributed by atoms with van der Waals surface area (Å²) in [5, 5.41) is 29.3. The van der Waals surface area contributed by atoms with Crippen molar-refractivity contribution in [3.63, 3.8) is 0 Å². The van der Waals surface area contributed by atoms with Gasteiger partial charge < -0.3 is 25.0 Å². The number of halogens is 2. The largest absolute Gasteiger partial charge is 0.508 e. The number of benzene rings is 1. The molecule has 1 fully saturated rings. The predicted molar refractivity (Wildman–Crippen MR) is 86.1 cm³/mol. The molecule has 1 saturated heterocycles. The monoisotopic (exact) mass is 363 g/mol. The molecule has 1 aliphatic rings. The summed E-state index contributed by atoms with van der Waals surface area (Å²) in [5.41, 5.74) is 0.449. The number of aromatic hydroxyl groups is 1. The summed E-state index contributed by atoms with van der Waals surface area (Å²) in [6.45, 7) is 3.25. The van der Waals surface area contributed by atoms with Gasteiger partial charge in [-0.3, -0.25) is 0 Å². The lowest BCUT2D eigenvalue weighted by molar-refractivity contribution is -0.0118. The number of hydrogen-bond donors (Lipinski definition) is 3. The van der Waals surface area contributed by atoms with Crippen LogP contribution in [0.2, 0.25) is 10.0 Å². The van der Waals surface area contributed by atoms with Crippen molar-refractivity contribution in [2.75, 3.05) is 13.2 Å². The molecule has 0 bridgehead atoms. The maximum atomic E-state index is 12.0. The van der Waals surface area contributed by atoms with Gasteiger partial charge >= 0.3 is 6.09 Å². The second-order valence-electron chi connectivity index (χ2n) is 5.69. The molecule has 1 aromatic rings. The van der Waals surface area contributed by atoms with Crippen LogP contribution >= 0.6 is 23.2 Å². The molecule has 0 saturated carbocycles. The molecule has 4 atom stereocenters. The zero-order chi connectivity index (χ0) is 17.3. The van der Waals surface area contributed by atoms with Gasteiger partial charge in [0.1, 0.15) is 11.9 Å². The van der Waals surface area contributed by atoms with E-state index in [0.29, 0.717) is 10.6 Å². The van der Waals surface area contributed by atoms with Crippen LogP contribution in [0.3, 0.4) is 0 Å². The van der Waals surface area contributed by atoms with Gasteiger partial charge in [0, 0.05) is 18.0 Å². The Morgan fingerprint density at radius 2 is 2.04 bits per heavy atom. The van der Waals surface area contributed by atoms with E-state index in [-0.39, 0.29) is 23.2 Å². The molecular formula is C15H19Cl2NO5. The van der Waals surface area contributed by atoms with Crippen LogP contribution in [0, 0.1) is 0 Å². The van der Waals surface area contributed by atoms with Crippen molar-refractivity contribution in [1.82, 2.24) is 4.90 Å². The molecule has 1 amide bonds. The third-order valence-electron chi connectivity index (χ3n) is 4.08. The van der Waals surface area contributed by atoms with Crippen molar-refractivity contribution in [3.8, 4) is 5.75 Å². The molecule has 23 heavy (non-hydrogen) atoms. The van der Waals surface area contributed by atoms with Crippen molar-refractivity contribution in [1.29, 1.82) is 0 Å². The minimum atomic E-state index is -1.14. The first-order valence-electron chi connectivity index (χ1n) is 7.21. The molecule has 0 unspecified atom stereocenters. The van der Waals surface area contributed by atoms with Crippen LogP contribution in [0.4, 0.5) is 4.79 Å².